The van der Waals surface area contributed by atoms with Crippen LogP contribution in [0, 0.1) is 5.92 Å². The number of hydrogen-bond acceptors (Lipinski definition) is 4. The second-order valence-electron chi connectivity index (χ2n) is 12.6. The number of aliphatic imine (C=N–C) groups is 2. The number of rotatable bonds is 5. The van der Waals surface area contributed by atoms with Crippen molar-refractivity contribution in [2.75, 3.05) is 6.61 Å². The van der Waals surface area contributed by atoms with Crippen molar-refractivity contribution in [1.29, 1.82) is 0 Å². The van der Waals surface area contributed by atoms with Gasteiger partial charge in [-0.3, -0.25) is 0 Å². The first-order valence-corrected chi connectivity index (χ1v) is 16.4. The molecular formula is C42H34N4O. The van der Waals surface area contributed by atoms with E-state index < -0.39 is 0 Å². The highest BCUT2D eigenvalue weighted by atomic mass is 16.5. The summed E-state index contributed by atoms with van der Waals surface area (Å²) in [6, 6.07) is 40.7. The van der Waals surface area contributed by atoms with Gasteiger partial charge < -0.3 is 14.6 Å². The molecule has 6 aromatic rings. The average Bonchev–Trinajstić information content (AvgIpc) is 3.75. The summed E-state index contributed by atoms with van der Waals surface area (Å²) < 4.78 is 8.49. The minimum Gasteiger partial charge on any atom is -0.492 e. The van der Waals surface area contributed by atoms with Crippen LogP contribution < -0.4 is 10.1 Å². The van der Waals surface area contributed by atoms with Gasteiger partial charge >= 0.3 is 0 Å². The lowest BCUT2D eigenvalue weighted by Crippen LogP contribution is -2.36. The molecule has 0 amide bonds. The van der Waals surface area contributed by atoms with E-state index in [-0.39, 0.29) is 6.17 Å². The van der Waals surface area contributed by atoms with Crippen molar-refractivity contribution >= 4 is 39.1 Å². The van der Waals surface area contributed by atoms with E-state index in [2.05, 4.69) is 132 Å². The van der Waals surface area contributed by atoms with Crippen LogP contribution in [-0.2, 0) is 6.42 Å². The van der Waals surface area contributed by atoms with E-state index in [4.69, 9.17) is 14.7 Å². The van der Waals surface area contributed by atoms with Crippen molar-refractivity contribution in [2.45, 2.75) is 25.9 Å². The standard InChI is InChI=1S/C42H34N4O/c1-27-11-13-28(14-12-27)29-15-17-32(18-16-29)41-43-40(31-7-3-2-4-8-31)44-42(45-41)33-19-22-34(23-20-33)46-36-10-6-5-9-35(36)38-37(46)24-21-30-25-26-47-39(30)38/h2-11,13-24,27,40H,12,25-26H2,1H3,(H,43,44,45). The van der Waals surface area contributed by atoms with Crippen molar-refractivity contribution in [3.05, 3.63) is 161 Å². The van der Waals surface area contributed by atoms with E-state index in [1.807, 2.05) is 18.2 Å². The first-order chi connectivity index (χ1) is 23.2. The molecule has 0 radical (unpaired) electrons. The Kier molecular flexibility index (Phi) is 6.63. The van der Waals surface area contributed by atoms with Crippen LogP contribution in [-0.4, -0.2) is 22.8 Å². The molecule has 2 aliphatic heterocycles. The van der Waals surface area contributed by atoms with Gasteiger partial charge in [-0.25, -0.2) is 9.98 Å². The molecule has 1 aromatic heterocycles. The molecule has 2 atom stereocenters. The van der Waals surface area contributed by atoms with Crippen molar-refractivity contribution < 1.29 is 4.74 Å². The summed E-state index contributed by atoms with van der Waals surface area (Å²) in [6.45, 7) is 2.99. The molecular weight excluding hydrogens is 576 g/mol. The van der Waals surface area contributed by atoms with Crippen molar-refractivity contribution in [3.8, 4) is 11.4 Å². The van der Waals surface area contributed by atoms with Crippen molar-refractivity contribution in [2.24, 2.45) is 15.9 Å². The Morgan fingerprint density at radius 1 is 0.723 bits per heavy atom. The second-order valence-corrected chi connectivity index (χ2v) is 12.6. The molecule has 9 rings (SSSR count). The first kappa shape index (κ1) is 27.6. The number of aromatic nitrogens is 1. The molecule has 5 nitrogen and oxygen atoms in total. The number of ether oxygens (including phenoxy) is 1. The van der Waals surface area contributed by atoms with Gasteiger partial charge in [-0.1, -0.05) is 104 Å². The van der Waals surface area contributed by atoms with E-state index in [0.29, 0.717) is 5.92 Å². The zero-order valence-electron chi connectivity index (χ0n) is 26.2. The molecule has 47 heavy (non-hydrogen) atoms. The Morgan fingerprint density at radius 2 is 1.43 bits per heavy atom. The fourth-order valence-corrected chi connectivity index (χ4v) is 7.02. The zero-order chi connectivity index (χ0) is 31.3. The summed E-state index contributed by atoms with van der Waals surface area (Å²) in [6.07, 6.45) is 8.55. The molecule has 0 saturated heterocycles. The normalized spacial score (nSPS) is 18.7. The summed E-state index contributed by atoms with van der Waals surface area (Å²) in [4.78, 5) is 10.2. The van der Waals surface area contributed by atoms with Gasteiger partial charge in [-0.05, 0) is 71.0 Å². The summed E-state index contributed by atoms with van der Waals surface area (Å²) in [5.41, 5.74) is 10.3. The molecule has 5 aromatic carbocycles. The highest BCUT2D eigenvalue weighted by molar-refractivity contribution is 6.16. The number of hydrogen-bond donors (Lipinski definition) is 1. The van der Waals surface area contributed by atoms with Gasteiger partial charge in [0.15, 0.2) is 6.17 Å². The van der Waals surface area contributed by atoms with Gasteiger partial charge in [-0.15, -0.1) is 0 Å². The van der Waals surface area contributed by atoms with Crippen LogP contribution in [0.2, 0.25) is 0 Å². The van der Waals surface area contributed by atoms with Crippen LogP contribution in [0.4, 0.5) is 0 Å². The third kappa shape index (κ3) is 4.86. The van der Waals surface area contributed by atoms with Gasteiger partial charge in [0.1, 0.15) is 17.4 Å². The third-order valence-corrected chi connectivity index (χ3v) is 9.53. The van der Waals surface area contributed by atoms with E-state index in [9.17, 15) is 0 Å². The maximum absolute atomic E-state index is 6.15. The van der Waals surface area contributed by atoms with E-state index in [1.165, 1.54) is 33.0 Å². The maximum atomic E-state index is 6.15. The molecule has 3 aliphatic rings. The smallest absolute Gasteiger partial charge is 0.169 e. The van der Waals surface area contributed by atoms with Crippen LogP contribution in [0.15, 0.2) is 143 Å². The molecule has 3 heterocycles. The van der Waals surface area contributed by atoms with Crippen LogP contribution >= 0.6 is 0 Å². The largest absolute Gasteiger partial charge is 0.492 e. The van der Waals surface area contributed by atoms with Crippen molar-refractivity contribution in [3.63, 3.8) is 0 Å². The topological polar surface area (TPSA) is 50.9 Å². The third-order valence-electron chi connectivity index (χ3n) is 9.53. The molecule has 0 spiro atoms. The molecule has 0 fully saturated rings. The minimum atomic E-state index is -0.341. The van der Waals surface area contributed by atoms with E-state index in [1.54, 1.807) is 0 Å². The van der Waals surface area contributed by atoms with Crippen LogP contribution in [0.1, 0.15) is 47.3 Å². The highest BCUT2D eigenvalue weighted by Gasteiger charge is 2.23. The lowest BCUT2D eigenvalue weighted by Gasteiger charge is -2.23. The fraction of sp³-hybridized carbons (Fsp3) is 0.143. The Morgan fingerprint density at radius 3 is 2.17 bits per heavy atom. The molecule has 2 unspecified atom stereocenters. The van der Waals surface area contributed by atoms with Crippen molar-refractivity contribution in [1.82, 2.24) is 9.88 Å². The molecule has 5 heteroatoms. The predicted octanol–water partition coefficient (Wildman–Crippen LogP) is 9.19. The van der Waals surface area contributed by atoms with Gasteiger partial charge in [-0.2, -0.15) is 0 Å². The highest BCUT2D eigenvalue weighted by Crippen LogP contribution is 2.41. The van der Waals surface area contributed by atoms with Gasteiger partial charge in [0, 0.05) is 28.6 Å². The average molecular weight is 611 g/mol. The quantitative estimate of drug-likeness (QED) is 0.212. The SMILES string of the molecule is CC1C=CC(c2ccc(C3=NC(c4ccccc4)N=C(c4ccc(-n5c6ccccc6c6c7c(ccc65)CCO7)cc4)N3)cc2)=CC1. The number of benzene rings is 5. The summed E-state index contributed by atoms with van der Waals surface area (Å²) in [5, 5.41) is 5.99. The second kappa shape index (κ2) is 11.3. The van der Waals surface area contributed by atoms with Gasteiger partial charge in [0.05, 0.1) is 23.0 Å². The Bertz CT molecular complexity index is 2270. The molecule has 0 bridgehead atoms. The number of nitrogens with zero attached hydrogens (tertiary/aromatic N) is 3. The fourth-order valence-electron chi connectivity index (χ4n) is 7.02. The molecule has 0 saturated carbocycles. The number of fused-ring (bicyclic) bond motifs is 5. The molecule has 228 valence electrons. The summed E-state index contributed by atoms with van der Waals surface area (Å²) in [5.74, 6) is 3.25. The monoisotopic (exact) mass is 610 g/mol. The Balaban J connectivity index is 1.08. The maximum Gasteiger partial charge on any atom is 0.169 e. The van der Waals surface area contributed by atoms with E-state index >= 15 is 0 Å². The number of amidine groups is 2. The minimum absolute atomic E-state index is 0.341. The van der Waals surface area contributed by atoms with Gasteiger partial charge in [0.2, 0.25) is 0 Å². The lowest BCUT2D eigenvalue weighted by atomic mass is 9.94. The van der Waals surface area contributed by atoms with Crippen LogP contribution in [0.3, 0.4) is 0 Å². The predicted molar refractivity (Wildman–Crippen MR) is 193 cm³/mol. The molecule has 1 aliphatic carbocycles. The van der Waals surface area contributed by atoms with Crippen LogP contribution in [0.5, 0.6) is 5.75 Å². The van der Waals surface area contributed by atoms with E-state index in [0.717, 1.165) is 64.8 Å². The lowest BCUT2D eigenvalue weighted by molar-refractivity contribution is 0.360. The Labute approximate surface area is 274 Å². The number of nitrogens with one attached hydrogen (secondary N) is 1. The summed E-state index contributed by atoms with van der Waals surface area (Å²) >= 11 is 0. The zero-order valence-corrected chi connectivity index (χ0v) is 26.2. The number of allylic oxidation sites excluding steroid dienone is 4. The van der Waals surface area contributed by atoms with Crippen LogP contribution in [0.25, 0.3) is 33.1 Å². The summed E-state index contributed by atoms with van der Waals surface area (Å²) in [7, 11) is 0. The number of para-hydroxylation sites is 1. The van der Waals surface area contributed by atoms with Gasteiger partial charge in [0.25, 0.3) is 0 Å². The molecule has 1 N–H and O–H groups in total. The Hall–Kier alpha value is -5.68. The first-order valence-electron chi connectivity index (χ1n) is 16.4.